The van der Waals surface area contributed by atoms with E-state index in [9.17, 15) is 18.0 Å². The highest BCUT2D eigenvalue weighted by Crippen LogP contribution is 2.29. The molecule has 1 unspecified atom stereocenters. The molecule has 26 heavy (non-hydrogen) atoms. The first-order valence-electron chi connectivity index (χ1n) is 7.82. The molecule has 12 nitrogen and oxygen atoms in total. The van der Waals surface area contributed by atoms with Crippen LogP contribution in [-0.4, -0.2) is 44.6 Å². The van der Waals surface area contributed by atoms with Crippen molar-refractivity contribution in [1.82, 2.24) is 24.2 Å². The van der Waals surface area contributed by atoms with Gasteiger partial charge in [0.2, 0.25) is 11.9 Å². The number of aromatic amines is 1. The number of hydrogen-bond acceptors (Lipinski definition) is 7. The second-order valence-corrected chi connectivity index (χ2v) is 7.32. The van der Waals surface area contributed by atoms with E-state index in [2.05, 4.69) is 20.3 Å². The number of H-pyrrole nitrogens is 1. The zero-order chi connectivity index (χ0) is 19.1. The van der Waals surface area contributed by atoms with Crippen molar-refractivity contribution < 1.29 is 22.5 Å². The molecule has 2 aromatic heterocycles. The van der Waals surface area contributed by atoms with E-state index in [4.69, 9.17) is 9.29 Å². The molecule has 0 spiro atoms. The number of ether oxygens (including phenoxy) is 1. The van der Waals surface area contributed by atoms with E-state index in [0.717, 1.165) is 0 Å². The summed E-state index contributed by atoms with van der Waals surface area (Å²) in [5.41, 5.74) is -0.286. The average Bonchev–Trinajstić information content (AvgIpc) is 3.12. The lowest BCUT2D eigenvalue weighted by atomic mass is 10.2. The average molecular weight is 386 g/mol. The second kappa shape index (κ2) is 6.75. The number of nitrogens with one attached hydrogen (secondary N) is 3. The lowest BCUT2D eigenvalue weighted by Gasteiger charge is -2.15. The minimum atomic E-state index is -4.40. The van der Waals surface area contributed by atoms with Crippen LogP contribution in [0.15, 0.2) is 11.1 Å². The fourth-order valence-corrected chi connectivity index (χ4v) is 3.04. The van der Waals surface area contributed by atoms with Crippen LogP contribution in [-0.2, 0) is 19.8 Å². The van der Waals surface area contributed by atoms with Gasteiger partial charge in [-0.3, -0.25) is 29.0 Å². The monoisotopic (exact) mass is 386 g/mol. The summed E-state index contributed by atoms with van der Waals surface area (Å²) >= 11 is 0. The van der Waals surface area contributed by atoms with Crippen LogP contribution in [0.4, 0.5) is 5.95 Å². The van der Waals surface area contributed by atoms with E-state index in [1.54, 1.807) is 13.8 Å². The Labute approximate surface area is 147 Å². The Bertz CT molecular complexity index is 996. The van der Waals surface area contributed by atoms with E-state index in [1.807, 2.05) is 4.72 Å². The summed E-state index contributed by atoms with van der Waals surface area (Å²) in [5, 5.41) is 2.51. The maximum atomic E-state index is 12.1. The molecule has 1 fully saturated rings. The fraction of sp³-hybridized carbons (Fsp3) is 0.538. The van der Waals surface area contributed by atoms with E-state index in [0.29, 0.717) is 12.8 Å². The molecule has 1 amide bonds. The van der Waals surface area contributed by atoms with Crippen molar-refractivity contribution in [2.24, 2.45) is 5.92 Å². The topological polar surface area (TPSA) is 168 Å². The van der Waals surface area contributed by atoms with Crippen LogP contribution < -0.4 is 15.6 Å². The van der Waals surface area contributed by atoms with Crippen LogP contribution in [0.5, 0.6) is 0 Å². The maximum absolute atomic E-state index is 12.1. The van der Waals surface area contributed by atoms with Gasteiger partial charge in [-0.1, -0.05) is 13.8 Å². The number of nitrogens with zero attached hydrogens (tertiary/aromatic N) is 3. The number of carbonyl (C=O) groups is 1. The van der Waals surface area contributed by atoms with Gasteiger partial charge in [0.15, 0.2) is 11.2 Å². The van der Waals surface area contributed by atoms with Gasteiger partial charge in [-0.2, -0.15) is 18.1 Å². The standard InChI is InChI=1S/C13H18N6O6S/c1-6(2)11(20)16-13-15-10-9(12(21)17-13)14-5-19(10)8-4-3-7(25-8)18-26(22,23)24/h5-8,18H,3-4H2,1-2H3,(H,22,23,24)(H2,15,16,17,20,21)/t7?,8-/m1/s1. The van der Waals surface area contributed by atoms with Gasteiger partial charge >= 0.3 is 10.3 Å². The van der Waals surface area contributed by atoms with Crippen molar-refractivity contribution in [3.63, 3.8) is 0 Å². The van der Waals surface area contributed by atoms with E-state index < -0.39 is 28.3 Å². The molecule has 0 radical (unpaired) electrons. The molecule has 4 N–H and O–H groups in total. The number of anilines is 1. The smallest absolute Gasteiger partial charge is 0.335 e. The first-order valence-corrected chi connectivity index (χ1v) is 9.26. The number of fused-ring (bicyclic) bond motifs is 1. The molecule has 13 heteroatoms. The molecular formula is C13H18N6O6S. The van der Waals surface area contributed by atoms with Gasteiger partial charge in [-0.05, 0) is 12.8 Å². The summed E-state index contributed by atoms with van der Waals surface area (Å²) in [6.07, 6.45) is 0.517. The number of rotatable bonds is 5. The highest BCUT2D eigenvalue weighted by Gasteiger charge is 2.30. The summed E-state index contributed by atoms with van der Waals surface area (Å²) in [6.45, 7) is 3.40. The Balaban J connectivity index is 1.89. The fourth-order valence-electron chi connectivity index (χ4n) is 2.53. The van der Waals surface area contributed by atoms with E-state index in [1.165, 1.54) is 10.9 Å². The van der Waals surface area contributed by atoms with Gasteiger partial charge in [0.25, 0.3) is 5.56 Å². The Hall–Kier alpha value is -2.35. The number of hydrogen-bond donors (Lipinski definition) is 4. The lowest BCUT2D eigenvalue weighted by molar-refractivity contribution is -0.118. The molecular weight excluding hydrogens is 368 g/mol. The molecule has 1 saturated heterocycles. The van der Waals surface area contributed by atoms with E-state index >= 15 is 0 Å². The van der Waals surface area contributed by atoms with Crippen LogP contribution >= 0.6 is 0 Å². The molecule has 3 rings (SSSR count). The Kier molecular flexibility index (Phi) is 4.79. The van der Waals surface area contributed by atoms with Gasteiger partial charge in [0.1, 0.15) is 12.5 Å². The zero-order valence-corrected chi connectivity index (χ0v) is 14.8. The normalized spacial score (nSPS) is 20.8. The predicted molar refractivity (Wildman–Crippen MR) is 89.4 cm³/mol. The third kappa shape index (κ3) is 3.90. The number of imidazole rings is 1. The van der Waals surface area contributed by atoms with Crippen molar-refractivity contribution in [2.45, 2.75) is 39.1 Å². The third-order valence-electron chi connectivity index (χ3n) is 3.79. The van der Waals surface area contributed by atoms with Crippen molar-refractivity contribution in [1.29, 1.82) is 0 Å². The van der Waals surface area contributed by atoms with Crippen LogP contribution in [0.2, 0.25) is 0 Å². The molecule has 0 saturated carbocycles. The van der Waals surface area contributed by atoms with Crippen LogP contribution in [0.3, 0.4) is 0 Å². The minimum absolute atomic E-state index is 0.0199. The van der Waals surface area contributed by atoms with Crippen LogP contribution in [0, 0.1) is 5.92 Å². The summed E-state index contributed by atoms with van der Waals surface area (Å²) in [4.78, 5) is 34.6. The van der Waals surface area contributed by atoms with Gasteiger partial charge in [-0.25, -0.2) is 4.98 Å². The predicted octanol–water partition coefficient (Wildman–Crippen LogP) is -0.258. The summed E-state index contributed by atoms with van der Waals surface area (Å²) in [5.74, 6) is -0.631. The quantitative estimate of drug-likeness (QED) is 0.510. The third-order valence-corrected chi connectivity index (χ3v) is 4.35. The van der Waals surface area contributed by atoms with Crippen LogP contribution in [0.25, 0.3) is 11.2 Å². The Morgan fingerprint density at radius 2 is 2.19 bits per heavy atom. The first kappa shape index (κ1) is 18.4. The molecule has 0 bridgehead atoms. The van der Waals surface area contributed by atoms with Crippen LogP contribution in [0.1, 0.15) is 32.9 Å². The van der Waals surface area contributed by atoms with Crippen molar-refractivity contribution in [2.75, 3.05) is 5.32 Å². The van der Waals surface area contributed by atoms with Crippen molar-refractivity contribution >= 4 is 33.3 Å². The summed E-state index contributed by atoms with van der Waals surface area (Å²) in [6, 6.07) is 0. The number of aromatic nitrogens is 4. The Morgan fingerprint density at radius 1 is 1.46 bits per heavy atom. The molecule has 0 aliphatic carbocycles. The lowest BCUT2D eigenvalue weighted by Crippen LogP contribution is -2.33. The van der Waals surface area contributed by atoms with Gasteiger partial charge in [0, 0.05) is 5.92 Å². The molecule has 142 valence electrons. The minimum Gasteiger partial charge on any atom is -0.339 e. The zero-order valence-electron chi connectivity index (χ0n) is 14.0. The molecule has 2 aromatic rings. The van der Waals surface area contributed by atoms with Crippen molar-refractivity contribution in [3.8, 4) is 0 Å². The molecule has 2 atom stereocenters. The maximum Gasteiger partial charge on any atom is 0.335 e. The summed E-state index contributed by atoms with van der Waals surface area (Å²) < 4.78 is 39.5. The SMILES string of the molecule is CC(C)C(=O)Nc1nc2c(ncn2[C@H]2CCC(NS(=O)(=O)O)O2)c(=O)[nH]1. The van der Waals surface area contributed by atoms with Gasteiger partial charge in [-0.15, -0.1) is 0 Å². The number of carbonyl (C=O) groups excluding carboxylic acids is 1. The molecule has 1 aliphatic rings. The highest BCUT2D eigenvalue weighted by molar-refractivity contribution is 7.83. The number of amides is 1. The Morgan fingerprint density at radius 3 is 2.85 bits per heavy atom. The van der Waals surface area contributed by atoms with E-state index in [-0.39, 0.29) is 28.9 Å². The summed E-state index contributed by atoms with van der Waals surface area (Å²) in [7, 11) is -4.40. The highest BCUT2D eigenvalue weighted by atomic mass is 32.2. The second-order valence-electron chi connectivity index (χ2n) is 6.13. The molecule has 0 aromatic carbocycles. The van der Waals surface area contributed by atoms with Crippen molar-refractivity contribution in [3.05, 3.63) is 16.7 Å². The van der Waals surface area contributed by atoms with Gasteiger partial charge in [0.05, 0.1) is 6.33 Å². The molecule has 1 aliphatic heterocycles. The first-order chi connectivity index (χ1) is 12.1. The largest absolute Gasteiger partial charge is 0.339 e. The van der Waals surface area contributed by atoms with Gasteiger partial charge < -0.3 is 4.74 Å². The molecule has 3 heterocycles.